The molecule has 132 valence electrons. The Balaban J connectivity index is 1.68. The molecule has 2 amide bonds. The number of nitrogens with one attached hydrogen (secondary N) is 1. The molecular weight excluding hydrogens is 322 g/mol. The Morgan fingerprint density at radius 3 is 2.71 bits per heavy atom. The molecule has 1 aromatic rings. The first-order valence-corrected chi connectivity index (χ1v) is 9.98. The standard InChI is InChI=1S/C18H27N3O2S/c1-13(22)20-16(17-19-9-11-24-17)15-8-5-10-21(12-15)18(23)14-6-3-2-4-7-14/h9,11,14-16H,2-8,10,12H2,1H3,(H,20,22)/t15-,16-/m1/s1. The number of carbonyl (C=O) groups is 2. The molecule has 3 rings (SSSR count). The van der Waals surface area contributed by atoms with Crippen molar-refractivity contribution in [3.05, 3.63) is 16.6 Å². The van der Waals surface area contributed by atoms with Gasteiger partial charge in [0.05, 0.1) is 6.04 Å². The van der Waals surface area contributed by atoms with E-state index in [0.29, 0.717) is 5.91 Å². The molecule has 6 heteroatoms. The summed E-state index contributed by atoms with van der Waals surface area (Å²) in [5.74, 6) is 0.768. The van der Waals surface area contributed by atoms with E-state index in [1.54, 1.807) is 24.5 Å². The summed E-state index contributed by atoms with van der Waals surface area (Å²) in [6.07, 6.45) is 9.53. The summed E-state index contributed by atoms with van der Waals surface area (Å²) in [6, 6.07) is -0.0792. The van der Waals surface area contributed by atoms with Crippen molar-refractivity contribution in [2.45, 2.75) is 57.9 Å². The Kier molecular flexibility index (Phi) is 5.87. The Labute approximate surface area is 147 Å². The maximum atomic E-state index is 12.9. The van der Waals surface area contributed by atoms with Crippen LogP contribution < -0.4 is 5.32 Å². The molecule has 2 aliphatic rings. The van der Waals surface area contributed by atoms with Crippen LogP contribution in [0.2, 0.25) is 0 Å². The molecule has 1 aromatic heterocycles. The molecule has 24 heavy (non-hydrogen) atoms. The quantitative estimate of drug-likeness (QED) is 0.908. The summed E-state index contributed by atoms with van der Waals surface area (Å²) in [4.78, 5) is 30.9. The van der Waals surface area contributed by atoms with Gasteiger partial charge in [-0.2, -0.15) is 0 Å². The highest BCUT2D eigenvalue weighted by Gasteiger charge is 2.34. The monoisotopic (exact) mass is 349 g/mol. The van der Waals surface area contributed by atoms with E-state index in [2.05, 4.69) is 10.3 Å². The van der Waals surface area contributed by atoms with Crippen LogP contribution >= 0.6 is 11.3 Å². The summed E-state index contributed by atoms with van der Waals surface area (Å²) in [5.41, 5.74) is 0. The van der Waals surface area contributed by atoms with Crippen molar-refractivity contribution >= 4 is 23.2 Å². The Bertz CT molecular complexity index is 555. The van der Waals surface area contributed by atoms with E-state index in [4.69, 9.17) is 0 Å². The van der Waals surface area contributed by atoms with Gasteiger partial charge in [-0.25, -0.2) is 4.98 Å². The van der Waals surface area contributed by atoms with Gasteiger partial charge in [-0.1, -0.05) is 19.3 Å². The zero-order valence-corrected chi connectivity index (χ0v) is 15.2. The molecule has 1 aliphatic heterocycles. The second-order valence-electron chi connectivity index (χ2n) is 7.07. The minimum atomic E-state index is -0.0792. The van der Waals surface area contributed by atoms with Gasteiger partial charge in [0, 0.05) is 43.4 Å². The van der Waals surface area contributed by atoms with E-state index in [-0.39, 0.29) is 23.8 Å². The van der Waals surface area contributed by atoms with Crippen LogP contribution in [0, 0.1) is 11.8 Å². The molecule has 1 saturated carbocycles. The van der Waals surface area contributed by atoms with E-state index in [1.165, 1.54) is 19.3 Å². The molecule has 2 fully saturated rings. The number of hydrogen-bond donors (Lipinski definition) is 1. The van der Waals surface area contributed by atoms with Crippen LogP contribution in [0.1, 0.15) is 62.9 Å². The lowest BCUT2D eigenvalue weighted by Gasteiger charge is -2.38. The predicted octanol–water partition coefficient (Wildman–Crippen LogP) is 3.14. The van der Waals surface area contributed by atoms with Crippen molar-refractivity contribution in [3.8, 4) is 0 Å². The summed E-state index contributed by atoms with van der Waals surface area (Å²) >= 11 is 1.58. The molecule has 1 N–H and O–H groups in total. The van der Waals surface area contributed by atoms with E-state index >= 15 is 0 Å². The van der Waals surface area contributed by atoms with Gasteiger partial charge >= 0.3 is 0 Å². The van der Waals surface area contributed by atoms with Gasteiger partial charge in [-0.3, -0.25) is 9.59 Å². The van der Waals surface area contributed by atoms with Crippen molar-refractivity contribution in [2.24, 2.45) is 11.8 Å². The fourth-order valence-electron chi connectivity index (χ4n) is 4.08. The normalized spacial score (nSPS) is 23.7. The van der Waals surface area contributed by atoms with Crippen LogP contribution in [0.4, 0.5) is 0 Å². The first kappa shape index (κ1) is 17.4. The Hall–Kier alpha value is -1.43. The molecule has 1 aliphatic carbocycles. The third-order valence-corrected chi connectivity index (χ3v) is 6.13. The first-order valence-electron chi connectivity index (χ1n) is 9.10. The lowest BCUT2D eigenvalue weighted by molar-refractivity contribution is -0.138. The second-order valence-corrected chi connectivity index (χ2v) is 8.00. The summed E-state index contributed by atoms with van der Waals surface area (Å²) in [5, 5.41) is 5.95. The average molecular weight is 350 g/mol. The topological polar surface area (TPSA) is 62.3 Å². The highest BCUT2D eigenvalue weighted by Crippen LogP contribution is 2.33. The van der Waals surface area contributed by atoms with E-state index in [1.807, 2.05) is 10.3 Å². The summed E-state index contributed by atoms with van der Waals surface area (Å²) < 4.78 is 0. The lowest BCUT2D eigenvalue weighted by Crippen LogP contribution is -2.47. The number of rotatable bonds is 4. The first-order chi connectivity index (χ1) is 11.6. The van der Waals surface area contributed by atoms with E-state index in [0.717, 1.165) is 43.8 Å². The molecule has 0 spiro atoms. The smallest absolute Gasteiger partial charge is 0.225 e. The molecule has 2 atom stereocenters. The van der Waals surface area contributed by atoms with Gasteiger partial charge in [0.2, 0.25) is 11.8 Å². The molecule has 1 saturated heterocycles. The van der Waals surface area contributed by atoms with Gasteiger partial charge < -0.3 is 10.2 Å². The van der Waals surface area contributed by atoms with Crippen LogP contribution in [-0.4, -0.2) is 34.8 Å². The van der Waals surface area contributed by atoms with Gasteiger partial charge in [-0.05, 0) is 25.7 Å². The third kappa shape index (κ3) is 4.15. The number of carbonyl (C=O) groups excluding carboxylic acids is 2. The fraction of sp³-hybridized carbons (Fsp3) is 0.722. The molecule has 0 radical (unpaired) electrons. The SMILES string of the molecule is CC(=O)N[C@@H](c1nccs1)[C@@H]1CCCN(C(=O)C2CCCCC2)C1. The number of thiazole rings is 1. The second kappa shape index (κ2) is 8.10. The van der Waals surface area contributed by atoms with Crippen LogP contribution in [-0.2, 0) is 9.59 Å². The number of likely N-dealkylation sites (tertiary alicyclic amines) is 1. The Morgan fingerprint density at radius 2 is 2.04 bits per heavy atom. The van der Waals surface area contributed by atoms with Crippen LogP contribution in [0.15, 0.2) is 11.6 Å². The van der Waals surface area contributed by atoms with E-state index < -0.39 is 0 Å². The minimum absolute atomic E-state index is 0.0362. The highest BCUT2D eigenvalue weighted by molar-refractivity contribution is 7.09. The molecular formula is C18H27N3O2S. The van der Waals surface area contributed by atoms with Crippen molar-refractivity contribution in [2.75, 3.05) is 13.1 Å². The maximum Gasteiger partial charge on any atom is 0.225 e. The van der Waals surface area contributed by atoms with Gasteiger partial charge in [0.15, 0.2) is 0 Å². The van der Waals surface area contributed by atoms with Crippen LogP contribution in [0.5, 0.6) is 0 Å². The van der Waals surface area contributed by atoms with Crippen LogP contribution in [0.25, 0.3) is 0 Å². The number of amides is 2. The third-order valence-electron chi connectivity index (χ3n) is 5.27. The fourth-order valence-corrected chi connectivity index (χ4v) is 4.86. The van der Waals surface area contributed by atoms with Crippen LogP contribution in [0.3, 0.4) is 0 Å². The van der Waals surface area contributed by atoms with Crippen molar-refractivity contribution in [1.29, 1.82) is 0 Å². The number of nitrogens with zero attached hydrogens (tertiary/aromatic N) is 2. The van der Waals surface area contributed by atoms with E-state index in [9.17, 15) is 9.59 Å². The average Bonchev–Trinajstić information content (AvgIpc) is 3.14. The molecule has 0 aromatic carbocycles. The van der Waals surface area contributed by atoms with Crippen molar-refractivity contribution in [3.63, 3.8) is 0 Å². The molecule has 0 unspecified atom stereocenters. The predicted molar refractivity (Wildman–Crippen MR) is 94.6 cm³/mol. The number of aromatic nitrogens is 1. The number of hydrogen-bond acceptors (Lipinski definition) is 4. The number of piperidine rings is 1. The van der Waals surface area contributed by atoms with Gasteiger partial charge in [-0.15, -0.1) is 11.3 Å². The molecule has 5 nitrogen and oxygen atoms in total. The minimum Gasteiger partial charge on any atom is -0.347 e. The maximum absolute atomic E-state index is 12.9. The largest absolute Gasteiger partial charge is 0.347 e. The highest BCUT2D eigenvalue weighted by atomic mass is 32.1. The van der Waals surface area contributed by atoms with Crippen molar-refractivity contribution < 1.29 is 9.59 Å². The zero-order valence-electron chi connectivity index (χ0n) is 14.4. The van der Waals surface area contributed by atoms with Gasteiger partial charge in [0.25, 0.3) is 0 Å². The van der Waals surface area contributed by atoms with Gasteiger partial charge in [0.1, 0.15) is 5.01 Å². The molecule has 0 bridgehead atoms. The molecule has 2 heterocycles. The van der Waals surface area contributed by atoms with Crippen molar-refractivity contribution in [1.82, 2.24) is 15.2 Å². The Morgan fingerprint density at radius 1 is 1.25 bits per heavy atom. The lowest BCUT2D eigenvalue weighted by atomic mass is 9.86. The summed E-state index contributed by atoms with van der Waals surface area (Å²) in [7, 11) is 0. The zero-order chi connectivity index (χ0) is 16.9. The summed E-state index contributed by atoms with van der Waals surface area (Å²) in [6.45, 7) is 3.14.